The molecular weight excluding hydrogens is 352 g/mol. The monoisotopic (exact) mass is 388 g/mol. The van der Waals surface area contributed by atoms with E-state index >= 15 is 0 Å². The van der Waals surface area contributed by atoms with Crippen LogP contribution in [0.3, 0.4) is 0 Å². The molecule has 4 heteroatoms. The molecule has 4 aliphatic carbocycles. The highest BCUT2D eigenvalue weighted by atomic mass is 16.6. The van der Waals surface area contributed by atoms with Crippen LogP contribution in [0, 0.1) is 40.4 Å². The molecule has 0 unspecified atom stereocenters. The van der Waals surface area contributed by atoms with E-state index in [4.69, 9.17) is 9.47 Å². The van der Waals surface area contributed by atoms with Crippen LogP contribution < -0.4 is 0 Å². The Labute approximate surface area is 169 Å². The summed E-state index contributed by atoms with van der Waals surface area (Å²) >= 11 is 0. The fourth-order valence-corrected chi connectivity index (χ4v) is 9.25. The van der Waals surface area contributed by atoms with Gasteiger partial charge >= 0.3 is 5.97 Å². The second-order valence-electron chi connectivity index (χ2n) is 11.3. The minimum atomic E-state index is -0.148. The highest BCUT2D eigenvalue weighted by Crippen LogP contribution is 2.77. The lowest BCUT2D eigenvalue weighted by Gasteiger charge is -2.59. The molecular formula is C24H36O4. The van der Waals surface area contributed by atoms with Gasteiger partial charge in [-0.15, -0.1) is 0 Å². The van der Waals surface area contributed by atoms with Gasteiger partial charge in [-0.1, -0.05) is 20.8 Å². The van der Waals surface area contributed by atoms with Crippen molar-refractivity contribution in [3.05, 3.63) is 0 Å². The van der Waals surface area contributed by atoms with Crippen LogP contribution >= 0.6 is 0 Å². The van der Waals surface area contributed by atoms with E-state index in [2.05, 4.69) is 20.8 Å². The Balaban J connectivity index is 1.45. The second kappa shape index (κ2) is 5.83. The highest BCUT2D eigenvalue weighted by molar-refractivity contribution is 5.80. The van der Waals surface area contributed by atoms with Gasteiger partial charge in [-0.25, -0.2) is 0 Å². The highest BCUT2D eigenvalue weighted by Gasteiger charge is 2.80. The van der Waals surface area contributed by atoms with Crippen molar-refractivity contribution < 1.29 is 19.1 Å². The minimum absolute atomic E-state index is 0.0205. The lowest BCUT2D eigenvalue weighted by atomic mass is 9.44. The van der Waals surface area contributed by atoms with Crippen molar-refractivity contribution in [2.24, 2.45) is 40.4 Å². The van der Waals surface area contributed by atoms with E-state index < -0.39 is 0 Å². The van der Waals surface area contributed by atoms with Crippen LogP contribution in [0.15, 0.2) is 0 Å². The fourth-order valence-electron chi connectivity index (χ4n) is 9.25. The van der Waals surface area contributed by atoms with Crippen LogP contribution in [0.25, 0.3) is 0 Å². The molecule has 0 radical (unpaired) electrons. The second-order valence-corrected chi connectivity index (χ2v) is 11.3. The summed E-state index contributed by atoms with van der Waals surface area (Å²) in [4.78, 5) is 24.0. The maximum Gasteiger partial charge on any atom is 0.302 e. The molecule has 28 heavy (non-hydrogen) atoms. The van der Waals surface area contributed by atoms with Crippen molar-refractivity contribution in [1.29, 1.82) is 0 Å². The Morgan fingerprint density at radius 2 is 1.79 bits per heavy atom. The van der Waals surface area contributed by atoms with Gasteiger partial charge in [0.25, 0.3) is 0 Å². The molecule has 1 heterocycles. The van der Waals surface area contributed by atoms with Gasteiger partial charge in [0, 0.05) is 18.3 Å². The number of carbonyl (C=O) groups is 2. The van der Waals surface area contributed by atoms with Gasteiger partial charge in [-0.2, -0.15) is 0 Å². The van der Waals surface area contributed by atoms with E-state index in [9.17, 15) is 9.59 Å². The molecule has 4 nitrogen and oxygen atoms in total. The van der Waals surface area contributed by atoms with Crippen LogP contribution in [-0.2, 0) is 19.1 Å². The number of carbonyl (C=O) groups excluding carboxylic acids is 2. The molecule has 10 atom stereocenters. The molecule has 0 bridgehead atoms. The summed E-state index contributed by atoms with van der Waals surface area (Å²) in [6.45, 7) is 10.5. The third kappa shape index (κ3) is 2.22. The maximum atomic E-state index is 12.5. The fraction of sp³-hybridized carbons (Fsp3) is 0.917. The zero-order valence-corrected chi connectivity index (χ0v) is 18.1. The molecule has 1 saturated heterocycles. The normalized spacial score (nSPS) is 56.7. The molecule has 0 aromatic carbocycles. The van der Waals surface area contributed by atoms with E-state index in [1.165, 1.54) is 26.2 Å². The summed E-state index contributed by atoms with van der Waals surface area (Å²) in [6, 6.07) is 0. The molecule has 0 aromatic rings. The quantitative estimate of drug-likeness (QED) is 0.515. The van der Waals surface area contributed by atoms with E-state index in [0.29, 0.717) is 35.6 Å². The Morgan fingerprint density at radius 1 is 1.04 bits per heavy atom. The number of ketones is 1. The van der Waals surface area contributed by atoms with Crippen LogP contribution in [0.4, 0.5) is 0 Å². The maximum absolute atomic E-state index is 12.5. The topological polar surface area (TPSA) is 55.9 Å². The molecule has 0 aromatic heterocycles. The number of hydrogen-bond acceptors (Lipinski definition) is 4. The number of rotatable bonds is 2. The largest absolute Gasteiger partial charge is 0.463 e. The first-order valence-corrected chi connectivity index (χ1v) is 11.5. The summed E-state index contributed by atoms with van der Waals surface area (Å²) in [6.07, 6.45) is 8.12. The minimum Gasteiger partial charge on any atom is -0.463 e. The Kier molecular flexibility index (Phi) is 3.98. The first-order valence-electron chi connectivity index (χ1n) is 11.5. The van der Waals surface area contributed by atoms with Gasteiger partial charge in [-0.3, -0.25) is 9.59 Å². The number of hydrogen-bond donors (Lipinski definition) is 0. The average molecular weight is 389 g/mol. The number of ether oxygens (including phenoxy) is 2. The molecule has 0 amide bonds. The summed E-state index contributed by atoms with van der Waals surface area (Å²) in [5, 5.41) is 0. The van der Waals surface area contributed by atoms with E-state index in [1.54, 1.807) is 6.92 Å². The SMILES string of the molecule is CC(=O)O[C@H]1CC[C@@]2(C)[C@@H](CC[C@H]3[C@@H]4C[C@@H](C)[C@H](C(C)=O)[C@@]4(C)C[C@H]4O[C@]432)C1. The smallest absolute Gasteiger partial charge is 0.302 e. The third-order valence-electron chi connectivity index (χ3n) is 10.1. The molecule has 5 aliphatic rings. The van der Waals surface area contributed by atoms with Gasteiger partial charge in [0.1, 0.15) is 17.5 Å². The summed E-state index contributed by atoms with van der Waals surface area (Å²) in [5.41, 5.74) is 0.321. The van der Waals surface area contributed by atoms with Gasteiger partial charge in [-0.05, 0) is 81.0 Å². The van der Waals surface area contributed by atoms with Gasteiger partial charge in [0.05, 0.1) is 6.10 Å². The predicted octanol–water partition coefficient (Wildman–Crippen LogP) is 4.54. The number of fused-ring (bicyclic) bond motifs is 3. The van der Waals surface area contributed by atoms with Crippen molar-refractivity contribution in [3.8, 4) is 0 Å². The molecule has 1 aliphatic heterocycles. The van der Waals surface area contributed by atoms with Crippen LogP contribution in [0.1, 0.15) is 79.6 Å². The standard InChI is InChI=1S/C24H36O4/c1-13-10-19-18-7-6-16-11-17(27-15(3)26)8-9-23(16,5)24(18)20(28-24)12-22(19,4)21(13)14(2)25/h13,16-21H,6-12H2,1-5H3/t13-,16+,17+,18+,19+,20-,21-,22+,23+,24+/m1/s1. The lowest BCUT2D eigenvalue weighted by molar-refractivity contribution is -0.159. The Hall–Kier alpha value is -0.900. The first-order chi connectivity index (χ1) is 13.1. The van der Waals surface area contributed by atoms with Crippen LogP contribution in [0.2, 0.25) is 0 Å². The molecule has 5 rings (SSSR count). The molecule has 0 N–H and O–H groups in total. The zero-order chi connectivity index (χ0) is 20.1. The molecule has 1 spiro atoms. The van der Waals surface area contributed by atoms with Crippen molar-refractivity contribution in [2.45, 2.75) is 97.4 Å². The predicted molar refractivity (Wildman–Crippen MR) is 105 cm³/mol. The van der Waals surface area contributed by atoms with Gasteiger partial charge in [0.2, 0.25) is 0 Å². The van der Waals surface area contributed by atoms with E-state index in [-0.39, 0.29) is 34.4 Å². The number of esters is 1. The van der Waals surface area contributed by atoms with Gasteiger partial charge in [0.15, 0.2) is 0 Å². The van der Waals surface area contributed by atoms with Crippen molar-refractivity contribution in [1.82, 2.24) is 0 Å². The first kappa shape index (κ1) is 19.1. The lowest BCUT2D eigenvalue weighted by Crippen LogP contribution is -2.60. The molecule has 4 saturated carbocycles. The van der Waals surface area contributed by atoms with Crippen molar-refractivity contribution in [3.63, 3.8) is 0 Å². The van der Waals surface area contributed by atoms with E-state index in [1.807, 2.05) is 0 Å². The average Bonchev–Trinajstić information content (AvgIpc) is 3.23. The van der Waals surface area contributed by atoms with Crippen LogP contribution in [-0.4, -0.2) is 29.6 Å². The summed E-state index contributed by atoms with van der Waals surface area (Å²) in [5.74, 6) is 2.71. The number of epoxide rings is 1. The molecule has 156 valence electrons. The Morgan fingerprint density at radius 3 is 2.46 bits per heavy atom. The zero-order valence-electron chi connectivity index (χ0n) is 18.1. The third-order valence-corrected chi connectivity index (χ3v) is 10.1. The van der Waals surface area contributed by atoms with Crippen molar-refractivity contribution in [2.75, 3.05) is 0 Å². The Bertz CT molecular complexity index is 717. The van der Waals surface area contributed by atoms with Crippen molar-refractivity contribution >= 4 is 11.8 Å². The molecule has 5 fully saturated rings. The summed E-state index contributed by atoms with van der Waals surface area (Å²) in [7, 11) is 0. The van der Waals surface area contributed by atoms with Gasteiger partial charge < -0.3 is 9.47 Å². The van der Waals surface area contributed by atoms with Crippen LogP contribution in [0.5, 0.6) is 0 Å². The summed E-state index contributed by atoms with van der Waals surface area (Å²) < 4.78 is 12.3. The van der Waals surface area contributed by atoms with E-state index in [0.717, 1.165) is 25.7 Å². The number of Topliss-reactive ketones (excluding diaryl/α,β-unsaturated/α-hetero) is 1.